The third-order valence-electron chi connectivity index (χ3n) is 2.52. The van der Waals surface area contributed by atoms with Gasteiger partial charge in [0, 0.05) is 12.2 Å². The zero-order valence-electron chi connectivity index (χ0n) is 9.91. The number of carbonyl (C=O) groups is 1. The Hall–Kier alpha value is -1.71. The van der Waals surface area contributed by atoms with Gasteiger partial charge in [0.1, 0.15) is 5.75 Å². The van der Waals surface area contributed by atoms with Gasteiger partial charge in [0.2, 0.25) is 5.91 Å². The molecule has 3 N–H and O–H groups in total. The molecule has 0 aromatic heterocycles. The predicted octanol–water partition coefficient (Wildman–Crippen LogP) is 1.54. The van der Waals surface area contributed by atoms with Crippen molar-refractivity contribution in [1.29, 1.82) is 0 Å². The smallest absolute Gasteiger partial charge is 0.222 e. The lowest BCUT2D eigenvalue weighted by Gasteiger charge is -2.13. The molecule has 1 atom stereocenters. The van der Waals surface area contributed by atoms with Crippen LogP contribution in [0.1, 0.15) is 12.5 Å². The highest BCUT2D eigenvalue weighted by Gasteiger charge is 2.08. The van der Waals surface area contributed by atoms with Gasteiger partial charge in [-0.1, -0.05) is 6.92 Å². The van der Waals surface area contributed by atoms with E-state index in [1.807, 2.05) is 25.1 Å². The van der Waals surface area contributed by atoms with Crippen LogP contribution < -0.4 is 15.8 Å². The fraction of sp³-hybridized carbons (Fsp3) is 0.417. The Morgan fingerprint density at radius 3 is 2.75 bits per heavy atom. The molecular formula is C12H18N2O2. The number of hydrogen-bond donors (Lipinski definition) is 2. The molecule has 0 spiro atoms. The van der Waals surface area contributed by atoms with Gasteiger partial charge in [0.25, 0.3) is 0 Å². The van der Waals surface area contributed by atoms with E-state index in [1.165, 1.54) is 0 Å². The average Bonchev–Trinajstić information content (AvgIpc) is 2.26. The molecule has 0 aliphatic rings. The number of methoxy groups -OCH3 is 1. The summed E-state index contributed by atoms with van der Waals surface area (Å²) in [5.41, 5.74) is 7.26. The Balaban J connectivity index is 2.64. The first-order valence-electron chi connectivity index (χ1n) is 5.22. The lowest BCUT2D eigenvalue weighted by atomic mass is 10.1. The van der Waals surface area contributed by atoms with E-state index in [4.69, 9.17) is 10.5 Å². The molecule has 0 aliphatic carbocycles. The summed E-state index contributed by atoms with van der Waals surface area (Å²) in [6.07, 6.45) is 0. The summed E-state index contributed by atoms with van der Waals surface area (Å²) >= 11 is 0. The Morgan fingerprint density at radius 1 is 1.56 bits per heavy atom. The summed E-state index contributed by atoms with van der Waals surface area (Å²) in [7, 11) is 1.64. The number of aryl methyl sites for hydroxylation is 1. The number of hydrogen-bond acceptors (Lipinski definition) is 3. The molecule has 1 aromatic rings. The van der Waals surface area contributed by atoms with Crippen molar-refractivity contribution in [1.82, 2.24) is 0 Å². The fourth-order valence-electron chi connectivity index (χ4n) is 1.33. The van der Waals surface area contributed by atoms with Crippen molar-refractivity contribution in [3.05, 3.63) is 23.8 Å². The molecule has 16 heavy (non-hydrogen) atoms. The van der Waals surface area contributed by atoms with Gasteiger partial charge in [0.15, 0.2) is 0 Å². The van der Waals surface area contributed by atoms with E-state index in [0.29, 0.717) is 6.54 Å². The maximum Gasteiger partial charge on any atom is 0.222 e. The molecule has 1 rings (SSSR count). The van der Waals surface area contributed by atoms with E-state index in [9.17, 15) is 4.79 Å². The lowest BCUT2D eigenvalue weighted by molar-refractivity contribution is -0.120. The van der Waals surface area contributed by atoms with Gasteiger partial charge in [-0.15, -0.1) is 0 Å². The Bertz CT molecular complexity index is 377. The molecule has 88 valence electrons. The second kappa shape index (κ2) is 5.39. The minimum absolute atomic E-state index is 0.179. The van der Waals surface area contributed by atoms with Crippen molar-refractivity contribution in [2.24, 2.45) is 11.7 Å². The van der Waals surface area contributed by atoms with Crippen LogP contribution in [0.5, 0.6) is 5.75 Å². The number of nitrogens with one attached hydrogen (secondary N) is 1. The first-order chi connectivity index (χ1) is 7.54. The second-order valence-electron chi connectivity index (χ2n) is 3.87. The highest BCUT2D eigenvalue weighted by Crippen LogP contribution is 2.21. The van der Waals surface area contributed by atoms with Crippen molar-refractivity contribution in [3.63, 3.8) is 0 Å². The molecule has 0 heterocycles. The first kappa shape index (κ1) is 12.4. The van der Waals surface area contributed by atoms with E-state index in [2.05, 4.69) is 5.32 Å². The Labute approximate surface area is 95.8 Å². The van der Waals surface area contributed by atoms with Gasteiger partial charge in [-0.25, -0.2) is 0 Å². The summed E-state index contributed by atoms with van der Waals surface area (Å²) in [6, 6.07) is 5.75. The monoisotopic (exact) mass is 222 g/mol. The van der Waals surface area contributed by atoms with Crippen molar-refractivity contribution in [3.8, 4) is 5.75 Å². The van der Waals surface area contributed by atoms with Gasteiger partial charge in [-0.2, -0.15) is 0 Å². The first-order valence-corrected chi connectivity index (χ1v) is 5.22. The van der Waals surface area contributed by atoms with Crippen LogP contribution in [0.4, 0.5) is 5.69 Å². The number of rotatable bonds is 5. The van der Waals surface area contributed by atoms with Crippen molar-refractivity contribution in [2.75, 3.05) is 19.0 Å². The molecule has 0 saturated carbocycles. The van der Waals surface area contributed by atoms with E-state index in [-0.39, 0.29) is 11.8 Å². The highest BCUT2D eigenvalue weighted by molar-refractivity contribution is 5.76. The number of amides is 1. The van der Waals surface area contributed by atoms with Gasteiger partial charge in [0.05, 0.1) is 13.0 Å². The van der Waals surface area contributed by atoms with E-state index < -0.39 is 0 Å². The van der Waals surface area contributed by atoms with Gasteiger partial charge >= 0.3 is 0 Å². The SMILES string of the molecule is COc1ccc(NCC(C)C(N)=O)c(C)c1. The van der Waals surface area contributed by atoms with Crippen molar-refractivity contribution in [2.45, 2.75) is 13.8 Å². The van der Waals surface area contributed by atoms with Crippen LogP contribution in [0.25, 0.3) is 0 Å². The number of carbonyl (C=O) groups excluding carboxylic acids is 1. The molecular weight excluding hydrogens is 204 g/mol. The largest absolute Gasteiger partial charge is 0.497 e. The maximum absolute atomic E-state index is 10.9. The quantitative estimate of drug-likeness (QED) is 0.794. The van der Waals surface area contributed by atoms with E-state index >= 15 is 0 Å². The average molecular weight is 222 g/mol. The van der Waals surface area contributed by atoms with Crippen LogP contribution >= 0.6 is 0 Å². The molecule has 0 bridgehead atoms. The van der Waals surface area contributed by atoms with Crippen LogP contribution in [-0.4, -0.2) is 19.6 Å². The third kappa shape index (κ3) is 3.15. The Morgan fingerprint density at radius 2 is 2.25 bits per heavy atom. The van der Waals surface area contributed by atoms with Gasteiger partial charge < -0.3 is 15.8 Å². The predicted molar refractivity (Wildman–Crippen MR) is 64.6 cm³/mol. The normalized spacial score (nSPS) is 11.9. The number of nitrogens with two attached hydrogens (primary N) is 1. The van der Waals surface area contributed by atoms with Crippen LogP contribution in [-0.2, 0) is 4.79 Å². The number of ether oxygens (including phenoxy) is 1. The molecule has 4 heteroatoms. The molecule has 0 fully saturated rings. The summed E-state index contributed by atoms with van der Waals surface area (Å²) in [4.78, 5) is 10.9. The molecule has 0 radical (unpaired) electrons. The van der Waals surface area contributed by atoms with Crippen molar-refractivity contribution < 1.29 is 9.53 Å². The molecule has 1 unspecified atom stereocenters. The maximum atomic E-state index is 10.9. The summed E-state index contributed by atoms with van der Waals surface area (Å²) in [5.74, 6) is 0.353. The summed E-state index contributed by atoms with van der Waals surface area (Å²) in [5, 5.41) is 3.19. The highest BCUT2D eigenvalue weighted by atomic mass is 16.5. The standard InChI is InChI=1S/C12H18N2O2/c1-8-6-10(16-3)4-5-11(8)14-7-9(2)12(13)15/h4-6,9,14H,7H2,1-3H3,(H2,13,15). The number of primary amides is 1. The van der Waals surface area contributed by atoms with Crippen LogP contribution in [0.15, 0.2) is 18.2 Å². The number of anilines is 1. The van der Waals surface area contributed by atoms with Crippen molar-refractivity contribution >= 4 is 11.6 Å². The Kier molecular flexibility index (Phi) is 4.17. The van der Waals surface area contributed by atoms with Crippen LogP contribution in [0.2, 0.25) is 0 Å². The molecule has 1 amide bonds. The molecule has 1 aromatic carbocycles. The zero-order valence-corrected chi connectivity index (χ0v) is 9.91. The minimum Gasteiger partial charge on any atom is -0.497 e. The van der Waals surface area contributed by atoms with Gasteiger partial charge in [-0.05, 0) is 30.7 Å². The second-order valence-corrected chi connectivity index (χ2v) is 3.87. The number of benzene rings is 1. The third-order valence-corrected chi connectivity index (χ3v) is 2.52. The van der Waals surface area contributed by atoms with Crippen LogP contribution in [0.3, 0.4) is 0 Å². The van der Waals surface area contributed by atoms with E-state index in [1.54, 1.807) is 14.0 Å². The topological polar surface area (TPSA) is 64.3 Å². The van der Waals surface area contributed by atoms with Gasteiger partial charge in [-0.3, -0.25) is 4.79 Å². The molecule has 0 aliphatic heterocycles. The lowest BCUT2D eigenvalue weighted by Crippen LogP contribution is -2.26. The molecule has 0 saturated heterocycles. The summed E-state index contributed by atoms with van der Waals surface area (Å²) < 4.78 is 5.11. The summed E-state index contributed by atoms with van der Waals surface area (Å²) in [6.45, 7) is 4.33. The molecule has 4 nitrogen and oxygen atoms in total. The van der Waals surface area contributed by atoms with E-state index in [0.717, 1.165) is 17.0 Å². The van der Waals surface area contributed by atoms with Crippen LogP contribution in [0, 0.1) is 12.8 Å². The fourth-order valence-corrected chi connectivity index (χ4v) is 1.33. The zero-order chi connectivity index (χ0) is 12.1. The minimum atomic E-state index is -0.293.